The Morgan fingerprint density at radius 1 is 0.956 bits per heavy atom. The van der Waals surface area contributed by atoms with Crippen LogP contribution in [0.4, 0.5) is 15.8 Å². The van der Waals surface area contributed by atoms with Gasteiger partial charge in [0.2, 0.25) is 5.91 Å². The molecule has 45 heavy (non-hydrogen) atoms. The van der Waals surface area contributed by atoms with Gasteiger partial charge in [0.15, 0.2) is 0 Å². The lowest BCUT2D eigenvalue weighted by Gasteiger charge is -2.17. The molecule has 230 valence electrons. The quantitative estimate of drug-likeness (QED) is 0.137. The van der Waals surface area contributed by atoms with Crippen molar-refractivity contribution in [1.82, 2.24) is 30.0 Å². The molecular weight excluding hydrogens is 567 g/mol. The van der Waals surface area contributed by atoms with E-state index < -0.39 is 0 Å². The summed E-state index contributed by atoms with van der Waals surface area (Å²) >= 11 is 0. The monoisotopic (exact) mass is 604 g/mol. The third kappa shape index (κ3) is 6.86. The van der Waals surface area contributed by atoms with Crippen LogP contribution in [0.25, 0.3) is 55.7 Å². The number of rotatable bonds is 9. The second-order valence-corrected chi connectivity index (χ2v) is 12.8. The number of pyridine rings is 2. The molecule has 0 atom stereocenters. The van der Waals surface area contributed by atoms with Crippen LogP contribution < -0.4 is 10.6 Å². The van der Waals surface area contributed by atoms with Crippen LogP contribution in [-0.4, -0.2) is 63.1 Å². The zero-order valence-electron chi connectivity index (χ0n) is 26.1. The lowest BCUT2D eigenvalue weighted by molar-refractivity contribution is -0.117. The van der Waals surface area contributed by atoms with E-state index in [2.05, 4.69) is 35.7 Å². The number of halogens is 1. The van der Waals surface area contributed by atoms with Gasteiger partial charge in [-0.2, -0.15) is 5.10 Å². The van der Waals surface area contributed by atoms with Gasteiger partial charge in [0.1, 0.15) is 17.0 Å². The minimum Gasteiger partial charge on any atom is -0.384 e. The first-order valence-electron chi connectivity index (χ1n) is 14.9. The third-order valence-electron chi connectivity index (χ3n) is 7.43. The molecule has 4 heterocycles. The van der Waals surface area contributed by atoms with Crippen molar-refractivity contribution in [2.24, 2.45) is 5.41 Å². The number of anilines is 2. The van der Waals surface area contributed by atoms with E-state index in [4.69, 9.17) is 4.98 Å². The van der Waals surface area contributed by atoms with Crippen LogP contribution in [0, 0.1) is 11.2 Å². The van der Waals surface area contributed by atoms with Crippen LogP contribution in [0.1, 0.15) is 27.2 Å². The average molecular weight is 605 g/mol. The highest BCUT2D eigenvalue weighted by atomic mass is 19.1. The number of aromatic amines is 2. The SMILES string of the molecule is CN(C)CCNc1cc(F)cc(-c2cccc3[nH]c(-c4n[nH]c5ccc(-c6cncc(NC(=O)CC(C)(C)C)c6)nc45)cc23)c1. The first kappa shape index (κ1) is 30.0. The van der Waals surface area contributed by atoms with Crippen LogP contribution in [0.5, 0.6) is 0 Å². The predicted octanol–water partition coefficient (Wildman–Crippen LogP) is 7.32. The standard InChI is InChI=1S/C35H37FN8O/c1-35(2,3)18-32(45)39-25-15-22(19-37-20-25)28-9-10-30-33(41-28)34(43-42-30)31-17-27-26(7-6-8-29(27)40-31)21-13-23(36)16-24(14-21)38-11-12-44(4)5/h6-10,13-17,19-20,38,40H,11-12,18H2,1-5H3,(H,39,45)(H,42,43). The predicted molar refractivity (Wildman–Crippen MR) is 180 cm³/mol. The van der Waals surface area contributed by atoms with Gasteiger partial charge >= 0.3 is 0 Å². The highest BCUT2D eigenvalue weighted by Crippen LogP contribution is 2.35. The summed E-state index contributed by atoms with van der Waals surface area (Å²) < 4.78 is 14.7. The largest absolute Gasteiger partial charge is 0.384 e. The highest BCUT2D eigenvalue weighted by Gasteiger charge is 2.18. The molecule has 4 N–H and O–H groups in total. The van der Waals surface area contributed by atoms with Crippen LogP contribution in [-0.2, 0) is 4.79 Å². The Kier molecular flexibility index (Phi) is 8.07. The zero-order valence-corrected chi connectivity index (χ0v) is 26.1. The molecule has 2 aromatic carbocycles. The summed E-state index contributed by atoms with van der Waals surface area (Å²) in [7, 11) is 4.01. The van der Waals surface area contributed by atoms with Crippen LogP contribution in [0.15, 0.2) is 73.1 Å². The number of hydrogen-bond acceptors (Lipinski definition) is 6. The average Bonchev–Trinajstić information content (AvgIpc) is 3.59. The second-order valence-electron chi connectivity index (χ2n) is 12.8. The highest BCUT2D eigenvalue weighted by molar-refractivity contribution is 6.01. The van der Waals surface area contributed by atoms with Gasteiger partial charge in [-0.15, -0.1) is 0 Å². The number of hydrogen-bond donors (Lipinski definition) is 4. The molecule has 0 unspecified atom stereocenters. The molecule has 0 saturated carbocycles. The van der Waals surface area contributed by atoms with E-state index in [1.54, 1.807) is 18.5 Å². The summed E-state index contributed by atoms with van der Waals surface area (Å²) in [5.41, 5.74) is 8.26. The lowest BCUT2D eigenvalue weighted by atomic mass is 9.92. The van der Waals surface area contributed by atoms with Crippen molar-refractivity contribution >= 4 is 39.2 Å². The molecule has 10 heteroatoms. The zero-order chi connectivity index (χ0) is 31.7. The van der Waals surface area contributed by atoms with E-state index in [0.29, 0.717) is 35.6 Å². The molecule has 0 saturated heterocycles. The third-order valence-corrected chi connectivity index (χ3v) is 7.43. The fourth-order valence-corrected chi connectivity index (χ4v) is 5.39. The first-order chi connectivity index (χ1) is 21.5. The van der Waals surface area contributed by atoms with Gasteiger partial charge in [-0.25, -0.2) is 9.37 Å². The summed E-state index contributed by atoms with van der Waals surface area (Å²) in [5.74, 6) is -0.356. The van der Waals surface area contributed by atoms with Crippen LogP contribution in [0.2, 0.25) is 0 Å². The molecule has 0 aliphatic heterocycles. The summed E-state index contributed by atoms with van der Waals surface area (Å²) in [6.45, 7) is 7.63. The Morgan fingerprint density at radius 3 is 2.58 bits per heavy atom. The smallest absolute Gasteiger partial charge is 0.224 e. The molecule has 4 aromatic heterocycles. The molecular formula is C35H37FN8O. The molecule has 0 aliphatic rings. The van der Waals surface area contributed by atoms with Gasteiger partial charge in [0, 0.05) is 47.9 Å². The number of nitrogens with zero attached hydrogens (tertiary/aromatic N) is 4. The maximum Gasteiger partial charge on any atom is 0.224 e. The van der Waals surface area contributed by atoms with Crippen molar-refractivity contribution in [3.8, 4) is 33.8 Å². The van der Waals surface area contributed by atoms with Crippen molar-refractivity contribution < 1.29 is 9.18 Å². The van der Waals surface area contributed by atoms with Gasteiger partial charge in [-0.3, -0.25) is 14.9 Å². The van der Waals surface area contributed by atoms with Crippen molar-refractivity contribution in [3.63, 3.8) is 0 Å². The maximum absolute atomic E-state index is 14.7. The number of nitrogens with one attached hydrogen (secondary N) is 4. The molecule has 6 rings (SSSR count). The summed E-state index contributed by atoms with van der Waals surface area (Å²) in [6, 6.07) is 18.8. The minimum atomic E-state index is -0.296. The lowest BCUT2D eigenvalue weighted by Crippen LogP contribution is -2.20. The number of carbonyl (C=O) groups excluding carboxylic acids is 1. The van der Waals surface area contributed by atoms with Gasteiger partial charge in [0.25, 0.3) is 0 Å². The first-order valence-corrected chi connectivity index (χ1v) is 14.9. The van der Waals surface area contributed by atoms with Crippen LogP contribution in [0.3, 0.4) is 0 Å². The fourth-order valence-electron chi connectivity index (χ4n) is 5.39. The maximum atomic E-state index is 14.7. The molecule has 0 radical (unpaired) electrons. The van der Waals surface area contributed by atoms with Gasteiger partial charge in [-0.1, -0.05) is 32.9 Å². The van der Waals surface area contributed by atoms with Crippen molar-refractivity contribution in [2.75, 3.05) is 37.8 Å². The molecule has 0 fully saturated rings. The van der Waals surface area contributed by atoms with E-state index in [0.717, 1.165) is 51.0 Å². The molecule has 1 amide bonds. The Hall–Kier alpha value is -5.09. The number of fused-ring (bicyclic) bond motifs is 2. The molecule has 9 nitrogen and oxygen atoms in total. The number of benzene rings is 2. The Balaban J connectivity index is 1.33. The topological polar surface area (TPSA) is 115 Å². The Morgan fingerprint density at radius 2 is 1.78 bits per heavy atom. The summed E-state index contributed by atoms with van der Waals surface area (Å²) in [6.07, 6.45) is 3.76. The molecule has 0 spiro atoms. The Labute approximate surface area is 261 Å². The number of H-pyrrole nitrogens is 2. The number of likely N-dealkylation sites (N-methyl/N-ethyl adjacent to an activating group) is 1. The number of amides is 1. The van der Waals surface area contributed by atoms with E-state index in [1.807, 2.05) is 83.4 Å². The fraction of sp³-hybridized carbons (Fsp3) is 0.257. The van der Waals surface area contributed by atoms with Crippen molar-refractivity contribution in [1.29, 1.82) is 0 Å². The molecule has 0 aliphatic carbocycles. The van der Waals surface area contributed by atoms with Gasteiger partial charge in [0.05, 0.1) is 28.8 Å². The van der Waals surface area contributed by atoms with Gasteiger partial charge in [-0.05, 0) is 79.2 Å². The van der Waals surface area contributed by atoms with Crippen molar-refractivity contribution in [3.05, 3.63) is 78.9 Å². The van der Waals surface area contributed by atoms with Crippen LogP contribution >= 0.6 is 0 Å². The molecule has 0 bridgehead atoms. The van der Waals surface area contributed by atoms with E-state index in [-0.39, 0.29) is 17.1 Å². The van der Waals surface area contributed by atoms with E-state index >= 15 is 0 Å². The normalized spacial score (nSPS) is 11.9. The second kappa shape index (κ2) is 12.1. The van der Waals surface area contributed by atoms with E-state index in [1.165, 1.54) is 6.07 Å². The van der Waals surface area contributed by atoms with Gasteiger partial charge < -0.3 is 20.5 Å². The molecule has 6 aromatic rings. The minimum absolute atomic E-state index is 0.0600. The summed E-state index contributed by atoms with van der Waals surface area (Å²) in [4.78, 5) is 27.4. The number of carbonyl (C=O) groups is 1. The Bertz CT molecular complexity index is 2000. The van der Waals surface area contributed by atoms with E-state index in [9.17, 15) is 9.18 Å². The summed E-state index contributed by atoms with van der Waals surface area (Å²) in [5, 5.41) is 14.9. The number of aromatic nitrogens is 5. The van der Waals surface area contributed by atoms with Crippen molar-refractivity contribution in [2.45, 2.75) is 27.2 Å².